The fourth-order valence-corrected chi connectivity index (χ4v) is 4.92. The lowest BCUT2D eigenvalue weighted by Gasteiger charge is -2.26. The van der Waals surface area contributed by atoms with Gasteiger partial charge in [-0.05, 0) is 37.7 Å². The summed E-state index contributed by atoms with van der Waals surface area (Å²) in [7, 11) is 0. The minimum atomic E-state index is -0.421. The summed E-state index contributed by atoms with van der Waals surface area (Å²) in [6, 6.07) is 9.66. The van der Waals surface area contributed by atoms with E-state index in [1.165, 1.54) is 17.3 Å². The van der Waals surface area contributed by atoms with Gasteiger partial charge in [-0.3, -0.25) is 14.4 Å². The van der Waals surface area contributed by atoms with Gasteiger partial charge >= 0.3 is 0 Å². The summed E-state index contributed by atoms with van der Waals surface area (Å²) in [5.41, 5.74) is 1.21. The Bertz CT molecular complexity index is 640. The van der Waals surface area contributed by atoms with E-state index in [1.807, 2.05) is 18.2 Å². The topological polar surface area (TPSA) is 54.5 Å². The Morgan fingerprint density at radius 2 is 1.69 bits per heavy atom. The van der Waals surface area contributed by atoms with E-state index in [2.05, 4.69) is 12.1 Å². The van der Waals surface area contributed by atoms with Crippen LogP contribution in [0.25, 0.3) is 0 Å². The summed E-state index contributed by atoms with van der Waals surface area (Å²) in [6.45, 7) is 0.535. The summed E-state index contributed by atoms with van der Waals surface area (Å²) >= 11 is 1.29. The number of ketones is 1. The zero-order valence-electron chi connectivity index (χ0n) is 15.2. The molecule has 1 unspecified atom stereocenters. The van der Waals surface area contributed by atoms with Gasteiger partial charge in [-0.2, -0.15) is 0 Å². The molecule has 1 heterocycles. The van der Waals surface area contributed by atoms with E-state index in [4.69, 9.17) is 0 Å². The molecule has 2 fully saturated rings. The molecule has 140 valence electrons. The van der Waals surface area contributed by atoms with Crippen LogP contribution in [0.15, 0.2) is 30.3 Å². The number of carbonyl (C=O) groups is 3. The number of likely N-dealkylation sites (tertiary alicyclic amines) is 1. The van der Waals surface area contributed by atoms with Crippen LogP contribution in [-0.2, 0) is 20.8 Å². The van der Waals surface area contributed by atoms with E-state index in [1.54, 1.807) is 4.90 Å². The van der Waals surface area contributed by atoms with E-state index in [0.29, 0.717) is 18.7 Å². The largest absolute Gasteiger partial charge is 0.325 e. The number of hydrogen-bond acceptors (Lipinski definition) is 4. The highest BCUT2D eigenvalue weighted by Crippen LogP contribution is 2.28. The molecule has 0 spiro atoms. The summed E-state index contributed by atoms with van der Waals surface area (Å²) < 4.78 is 0. The predicted octanol–water partition coefficient (Wildman–Crippen LogP) is 3.63. The van der Waals surface area contributed by atoms with Crippen molar-refractivity contribution in [2.45, 2.75) is 57.4 Å². The Balaban J connectivity index is 1.52. The first kappa shape index (κ1) is 19.2. The van der Waals surface area contributed by atoms with Gasteiger partial charge in [0.25, 0.3) is 5.91 Å². The Kier molecular flexibility index (Phi) is 6.89. The lowest BCUT2D eigenvalue weighted by Crippen LogP contribution is -2.45. The van der Waals surface area contributed by atoms with Crippen molar-refractivity contribution in [3.63, 3.8) is 0 Å². The second-order valence-corrected chi connectivity index (χ2v) is 8.36. The third kappa shape index (κ3) is 4.76. The molecule has 0 N–H and O–H groups in total. The average molecular weight is 374 g/mol. The average Bonchev–Trinajstić information content (AvgIpc) is 3.18. The van der Waals surface area contributed by atoms with E-state index in [0.717, 1.165) is 44.9 Å². The lowest BCUT2D eigenvalue weighted by atomic mass is 9.86. The van der Waals surface area contributed by atoms with Gasteiger partial charge in [0.05, 0.1) is 0 Å². The van der Waals surface area contributed by atoms with Crippen molar-refractivity contribution < 1.29 is 14.4 Å². The maximum absolute atomic E-state index is 12.7. The number of thioether (sulfide) groups is 1. The van der Waals surface area contributed by atoms with Gasteiger partial charge in [0.15, 0.2) is 0 Å². The molecule has 1 atom stereocenters. The van der Waals surface area contributed by atoms with Crippen LogP contribution in [-0.4, -0.2) is 40.0 Å². The van der Waals surface area contributed by atoms with Crippen LogP contribution in [0.3, 0.4) is 0 Å². The van der Waals surface area contributed by atoms with Crippen LogP contribution in [0.2, 0.25) is 0 Å². The molecule has 1 amide bonds. The molecular weight excluding hydrogens is 346 g/mol. The number of Topliss-reactive ketones (excluding diaryl/α,β-unsaturated/α-hetero) is 1. The van der Waals surface area contributed by atoms with Gasteiger partial charge in [0.2, 0.25) is 10.9 Å². The Hall–Kier alpha value is -1.62. The van der Waals surface area contributed by atoms with Crippen LogP contribution >= 0.6 is 11.8 Å². The Morgan fingerprint density at radius 3 is 2.42 bits per heavy atom. The molecule has 2 aliphatic rings. The van der Waals surface area contributed by atoms with Crippen molar-refractivity contribution in [1.82, 2.24) is 4.90 Å². The maximum atomic E-state index is 12.7. The van der Waals surface area contributed by atoms with Gasteiger partial charge in [-0.1, -0.05) is 61.4 Å². The number of carbonyl (C=O) groups excluding carboxylic acids is 3. The molecular formula is C21H27NO3S. The molecule has 1 saturated heterocycles. The molecule has 1 aliphatic carbocycles. The molecule has 4 nitrogen and oxygen atoms in total. The molecule has 3 rings (SSSR count). The molecule has 26 heavy (non-hydrogen) atoms. The van der Waals surface area contributed by atoms with Crippen LogP contribution in [0, 0.1) is 5.92 Å². The Morgan fingerprint density at radius 1 is 0.962 bits per heavy atom. The summed E-state index contributed by atoms with van der Waals surface area (Å²) in [4.78, 5) is 39.4. The van der Waals surface area contributed by atoms with E-state index >= 15 is 0 Å². The summed E-state index contributed by atoms with van der Waals surface area (Å²) in [5.74, 6) is -0.105. The summed E-state index contributed by atoms with van der Waals surface area (Å²) in [6.07, 6.45) is 7.18. The minimum Gasteiger partial charge on any atom is -0.325 e. The Labute approximate surface area is 159 Å². The highest BCUT2D eigenvalue weighted by Gasteiger charge is 2.38. The molecule has 0 bridgehead atoms. The SMILES string of the molecule is O=C(C(=O)N1CCCC1C(=O)SCCc1ccccc1)C1CCCCC1. The van der Waals surface area contributed by atoms with Crippen LogP contribution < -0.4 is 0 Å². The van der Waals surface area contributed by atoms with Crippen LogP contribution in [0.1, 0.15) is 50.5 Å². The zero-order chi connectivity index (χ0) is 18.4. The number of amides is 1. The van der Waals surface area contributed by atoms with Gasteiger partial charge in [0, 0.05) is 18.2 Å². The second-order valence-electron chi connectivity index (χ2n) is 7.26. The van der Waals surface area contributed by atoms with E-state index in [9.17, 15) is 14.4 Å². The highest BCUT2D eigenvalue weighted by molar-refractivity contribution is 8.13. The van der Waals surface area contributed by atoms with Gasteiger partial charge < -0.3 is 4.90 Å². The highest BCUT2D eigenvalue weighted by atomic mass is 32.2. The van der Waals surface area contributed by atoms with Crippen molar-refractivity contribution in [2.75, 3.05) is 12.3 Å². The summed E-state index contributed by atoms with van der Waals surface area (Å²) in [5, 5.41) is 0.0308. The van der Waals surface area contributed by atoms with E-state index in [-0.39, 0.29) is 16.8 Å². The number of rotatable bonds is 6. The molecule has 1 saturated carbocycles. The van der Waals surface area contributed by atoms with Crippen molar-refractivity contribution >= 4 is 28.6 Å². The third-order valence-corrected chi connectivity index (χ3v) is 6.42. The van der Waals surface area contributed by atoms with Crippen molar-refractivity contribution in [1.29, 1.82) is 0 Å². The molecule has 1 aliphatic heterocycles. The number of hydrogen-bond donors (Lipinski definition) is 0. The molecule has 1 aromatic carbocycles. The first-order chi connectivity index (χ1) is 12.7. The maximum Gasteiger partial charge on any atom is 0.290 e. The molecule has 1 aromatic rings. The van der Waals surface area contributed by atoms with E-state index < -0.39 is 11.9 Å². The minimum absolute atomic E-state index is 0.0308. The quantitative estimate of drug-likeness (QED) is 0.715. The number of benzene rings is 1. The van der Waals surface area contributed by atoms with Crippen LogP contribution in [0.5, 0.6) is 0 Å². The third-order valence-electron chi connectivity index (χ3n) is 5.45. The fraction of sp³-hybridized carbons (Fsp3) is 0.571. The first-order valence-electron chi connectivity index (χ1n) is 9.72. The molecule has 0 aromatic heterocycles. The number of nitrogens with zero attached hydrogens (tertiary/aromatic N) is 1. The van der Waals surface area contributed by atoms with Crippen molar-refractivity contribution in [2.24, 2.45) is 5.92 Å². The zero-order valence-corrected chi connectivity index (χ0v) is 16.0. The molecule has 0 radical (unpaired) electrons. The smallest absolute Gasteiger partial charge is 0.290 e. The van der Waals surface area contributed by atoms with Crippen LogP contribution in [0.4, 0.5) is 0 Å². The first-order valence-corrected chi connectivity index (χ1v) is 10.7. The van der Waals surface area contributed by atoms with Gasteiger partial charge in [0.1, 0.15) is 6.04 Å². The standard InChI is InChI=1S/C21H27NO3S/c23-19(17-10-5-2-6-11-17)20(24)22-14-7-12-18(22)21(25)26-15-13-16-8-3-1-4-9-16/h1,3-4,8-9,17-18H,2,5-7,10-15H2. The normalized spacial score (nSPS) is 20.9. The van der Waals surface area contributed by atoms with Gasteiger partial charge in [-0.15, -0.1) is 0 Å². The van der Waals surface area contributed by atoms with Gasteiger partial charge in [-0.25, -0.2) is 0 Å². The fourth-order valence-electron chi connectivity index (χ4n) is 3.95. The second kappa shape index (κ2) is 9.36. The predicted molar refractivity (Wildman–Crippen MR) is 104 cm³/mol. The molecule has 5 heteroatoms. The van der Waals surface area contributed by atoms with Crippen molar-refractivity contribution in [3.8, 4) is 0 Å². The number of aryl methyl sites for hydroxylation is 1. The monoisotopic (exact) mass is 373 g/mol. The lowest BCUT2D eigenvalue weighted by molar-refractivity contribution is -0.148. The van der Waals surface area contributed by atoms with Crippen molar-refractivity contribution in [3.05, 3.63) is 35.9 Å².